The van der Waals surface area contributed by atoms with E-state index in [1.165, 1.54) is 6.92 Å². The zero-order valence-electron chi connectivity index (χ0n) is 11.1. The second-order valence-electron chi connectivity index (χ2n) is 4.27. The molecule has 0 spiro atoms. The number of hydrazine groups is 1. The number of hydrogen-bond acceptors (Lipinski definition) is 7. The molecule has 0 saturated carbocycles. The zero-order valence-corrected chi connectivity index (χ0v) is 11.9. The van der Waals surface area contributed by atoms with E-state index in [0.29, 0.717) is 0 Å². The molecule has 0 saturated heterocycles. The molecule has 1 rings (SSSR count). The van der Waals surface area contributed by atoms with Gasteiger partial charge in [0.1, 0.15) is 5.69 Å². The molecule has 0 heterocycles. The lowest BCUT2D eigenvalue weighted by Gasteiger charge is -2.13. The third kappa shape index (κ3) is 4.37. The van der Waals surface area contributed by atoms with Gasteiger partial charge >= 0.3 is 0 Å². The van der Waals surface area contributed by atoms with Gasteiger partial charge in [-0.1, -0.05) is 0 Å². The highest BCUT2D eigenvalue weighted by Gasteiger charge is 2.22. The van der Waals surface area contributed by atoms with Gasteiger partial charge in [0.05, 0.1) is 9.82 Å². The fourth-order valence-corrected chi connectivity index (χ4v) is 2.90. The van der Waals surface area contributed by atoms with Gasteiger partial charge in [-0.2, -0.15) is 0 Å². The standard InChI is InChI=1S/C10H15N5O5S/c1-6(4-10(11)16)14-21(19,20)7-2-3-9(15(17)18)8(5-7)13-12/h2-3,5-6,13-14H,4,12H2,1H3,(H2,11,16). The minimum absolute atomic E-state index is 0.148. The van der Waals surface area contributed by atoms with Crippen LogP contribution >= 0.6 is 0 Å². The van der Waals surface area contributed by atoms with Crippen LogP contribution in [0.25, 0.3) is 0 Å². The third-order valence-corrected chi connectivity index (χ3v) is 4.08. The van der Waals surface area contributed by atoms with Gasteiger partial charge in [-0.3, -0.25) is 20.8 Å². The molecule has 0 aromatic heterocycles. The molecule has 11 heteroatoms. The van der Waals surface area contributed by atoms with E-state index in [9.17, 15) is 23.3 Å². The van der Waals surface area contributed by atoms with Gasteiger partial charge < -0.3 is 11.2 Å². The molecule has 10 nitrogen and oxygen atoms in total. The predicted octanol–water partition coefficient (Wildman–Crippen LogP) is -0.577. The van der Waals surface area contributed by atoms with Crippen LogP contribution in [0, 0.1) is 10.1 Å². The molecule has 1 aromatic carbocycles. The summed E-state index contributed by atoms with van der Waals surface area (Å²) in [5.41, 5.74) is 6.53. The molecule has 0 fully saturated rings. The van der Waals surface area contributed by atoms with Crippen LogP contribution in [0.1, 0.15) is 13.3 Å². The van der Waals surface area contributed by atoms with Crippen molar-refractivity contribution >= 4 is 27.3 Å². The van der Waals surface area contributed by atoms with Gasteiger partial charge in [0.2, 0.25) is 15.9 Å². The highest BCUT2D eigenvalue weighted by atomic mass is 32.2. The number of benzene rings is 1. The molecule has 0 aliphatic rings. The Morgan fingerprint density at radius 2 is 2.10 bits per heavy atom. The minimum atomic E-state index is -3.96. The van der Waals surface area contributed by atoms with Gasteiger partial charge in [-0.05, 0) is 19.1 Å². The lowest BCUT2D eigenvalue weighted by Crippen LogP contribution is -2.35. The Morgan fingerprint density at radius 3 is 2.57 bits per heavy atom. The van der Waals surface area contributed by atoms with Gasteiger partial charge in [-0.15, -0.1) is 0 Å². The first-order valence-electron chi connectivity index (χ1n) is 5.73. The van der Waals surface area contributed by atoms with E-state index in [1.807, 2.05) is 0 Å². The van der Waals surface area contributed by atoms with Gasteiger partial charge in [0, 0.05) is 18.5 Å². The summed E-state index contributed by atoms with van der Waals surface area (Å²) in [6.07, 6.45) is -0.172. The number of nitrogen functional groups attached to an aromatic ring is 1. The van der Waals surface area contributed by atoms with Crippen molar-refractivity contribution in [2.45, 2.75) is 24.3 Å². The molecule has 116 valence electrons. The summed E-state index contributed by atoms with van der Waals surface area (Å²) in [4.78, 5) is 20.5. The molecular weight excluding hydrogens is 302 g/mol. The largest absolute Gasteiger partial charge is 0.370 e. The SMILES string of the molecule is CC(CC(N)=O)NS(=O)(=O)c1ccc([N+](=O)[O-])c(NN)c1. The van der Waals surface area contributed by atoms with Crippen molar-refractivity contribution < 1.29 is 18.1 Å². The molecule has 1 atom stereocenters. The monoisotopic (exact) mass is 317 g/mol. The Morgan fingerprint density at radius 1 is 1.48 bits per heavy atom. The number of rotatable bonds is 7. The van der Waals surface area contributed by atoms with Crippen LogP contribution in [0.15, 0.2) is 23.1 Å². The first-order valence-corrected chi connectivity index (χ1v) is 7.21. The smallest absolute Gasteiger partial charge is 0.293 e. The van der Waals surface area contributed by atoms with Crippen LogP contribution in [0.4, 0.5) is 11.4 Å². The van der Waals surface area contributed by atoms with Crippen LogP contribution < -0.4 is 21.7 Å². The van der Waals surface area contributed by atoms with Crippen molar-refractivity contribution in [3.05, 3.63) is 28.3 Å². The maximum atomic E-state index is 12.1. The van der Waals surface area contributed by atoms with Crippen LogP contribution in [0.2, 0.25) is 0 Å². The first kappa shape index (κ1) is 16.8. The molecule has 1 aromatic rings. The number of carbonyl (C=O) groups excluding carboxylic acids is 1. The van der Waals surface area contributed by atoms with E-state index in [0.717, 1.165) is 18.2 Å². The van der Waals surface area contributed by atoms with Crippen LogP contribution in [0.5, 0.6) is 0 Å². The minimum Gasteiger partial charge on any atom is -0.370 e. The second kappa shape index (κ2) is 6.47. The molecule has 21 heavy (non-hydrogen) atoms. The van der Waals surface area contributed by atoms with Gasteiger partial charge in [-0.25, -0.2) is 13.1 Å². The second-order valence-corrected chi connectivity index (χ2v) is 5.99. The number of nitrogens with one attached hydrogen (secondary N) is 2. The Kier molecular flexibility index (Phi) is 5.18. The van der Waals surface area contributed by atoms with Crippen molar-refractivity contribution in [3.63, 3.8) is 0 Å². The van der Waals surface area contributed by atoms with E-state index in [4.69, 9.17) is 11.6 Å². The van der Waals surface area contributed by atoms with E-state index in [2.05, 4.69) is 10.1 Å². The van der Waals surface area contributed by atoms with Crippen molar-refractivity contribution in [1.29, 1.82) is 0 Å². The number of hydrogen-bond donors (Lipinski definition) is 4. The first-order chi connectivity index (χ1) is 9.67. The number of nitrogens with zero attached hydrogens (tertiary/aromatic N) is 1. The van der Waals surface area contributed by atoms with Crippen molar-refractivity contribution in [3.8, 4) is 0 Å². The number of carbonyl (C=O) groups is 1. The molecule has 0 radical (unpaired) electrons. The fourth-order valence-electron chi connectivity index (χ4n) is 1.63. The average Bonchev–Trinajstić information content (AvgIpc) is 2.35. The third-order valence-electron chi connectivity index (χ3n) is 2.49. The summed E-state index contributed by atoms with van der Waals surface area (Å²) in [5, 5.41) is 10.7. The summed E-state index contributed by atoms with van der Waals surface area (Å²) in [5.74, 6) is 4.48. The molecule has 6 N–H and O–H groups in total. The number of nitrogens with two attached hydrogens (primary N) is 2. The van der Waals surface area contributed by atoms with E-state index in [1.54, 1.807) is 0 Å². The van der Waals surface area contributed by atoms with E-state index in [-0.39, 0.29) is 22.7 Å². The quantitative estimate of drug-likeness (QED) is 0.296. The lowest BCUT2D eigenvalue weighted by atomic mass is 10.2. The highest BCUT2D eigenvalue weighted by Crippen LogP contribution is 2.26. The van der Waals surface area contributed by atoms with Gasteiger partial charge in [0.25, 0.3) is 5.69 Å². The van der Waals surface area contributed by atoms with Crippen LogP contribution in [0.3, 0.4) is 0 Å². The van der Waals surface area contributed by atoms with E-state index < -0.39 is 26.9 Å². The number of nitro benzene ring substituents is 1. The zero-order chi connectivity index (χ0) is 16.2. The lowest BCUT2D eigenvalue weighted by molar-refractivity contribution is -0.384. The number of anilines is 1. The summed E-state index contributed by atoms with van der Waals surface area (Å²) in [6.45, 7) is 1.47. The normalized spacial score (nSPS) is 12.7. The summed E-state index contributed by atoms with van der Waals surface area (Å²) < 4.78 is 26.4. The van der Waals surface area contributed by atoms with Gasteiger partial charge in [0.15, 0.2) is 0 Å². The Hall–Kier alpha value is -2.24. The summed E-state index contributed by atoms with van der Waals surface area (Å²) in [6, 6.07) is 2.40. The van der Waals surface area contributed by atoms with Crippen LogP contribution in [-0.2, 0) is 14.8 Å². The van der Waals surface area contributed by atoms with Crippen molar-refractivity contribution in [2.24, 2.45) is 11.6 Å². The molecule has 0 aliphatic carbocycles. The van der Waals surface area contributed by atoms with E-state index >= 15 is 0 Å². The molecular formula is C10H15N5O5S. The Balaban J connectivity index is 3.09. The Labute approximate surface area is 120 Å². The fraction of sp³-hybridized carbons (Fsp3) is 0.300. The number of amides is 1. The number of sulfonamides is 1. The Bertz CT molecular complexity index is 660. The topological polar surface area (TPSA) is 170 Å². The summed E-state index contributed by atoms with van der Waals surface area (Å²) >= 11 is 0. The average molecular weight is 317 g/mol. The highest BCUT2D eigenvalue weighted by molar-refractivity contribution is 7.89. The number of nitro groups is 1. The molecule has 1 unspecified atom stereocenters. The van der Waals surface area contributed by atoms with Crippen molar-refractivity contribution in [1.82, 2.24) is 4.72 Å². The summed E-state index contributed by atoms with van der Waals surface area (Å²) in [7, 11) is -3.96. The predicted molar refractivity (Wildman–Crippen MR) is 74.5 cm³/mol. The van der Waals surface area contributed by atoms with Crippen LogP contribution in [-0.4, -0.2) is 25.3 Å². The van der Waals surface area contributed by atoms with Crippen molar-refractivity contribution in [2.75, 3.05) is 5.43 Å². The maximum Gasteiger partial charge on any atom is 0.293 e. The molecule has 0 aliphatic heterocycles. The number of primary amides is 1. The molecule has 1 amide bonds. The maximum absolute atomic E-state index is 12.1. The molecule has 0 bridgehead atoms.